The number of benzene rings is 2. The highest BCUT2D eigenvalue weighted by atomic mass is 79.9. The van der Waals surface area contributed by atoms with Crippen molar-refractivity contribution >= 4 is 33.2 Å². The Labute approximate surface area is 139 Å². The lowest BCUT2D eigenvalue weighted by molar-refractivity contribution is 0.199. The van der Waals surface area contributed by atoms with Gasteiger partial charge in [0.25, 0.3) is 0 Å². The van der Waals surface area contributed by atoms with Crippen LogP contribution >= 0.6 is 27.5 Å². The van der Waals surface area contributed by atoms with E-state index in [0.29, 0.717) is 0 Å². The molecule has 0 saturated carbocycles. The third kappa shape index (κ3) is 3.60. The Balaban J connectivity index is 2.32. The fourth-order valence-electron chi connectivity index (χ4n) is 2.30. The molecule has 0 aliphatic heterocycles. The molecule has 0 spiro atoms. The minimum absolute atomic E-state index is 0.146. The fourth-order valence-corrected chi connectivity index (χ4v) is 3.27. The lowest BCUT2D eigenvalue weighted by atomic mass is 10.1. The minimum atomic E-state index is -0.471. The second-order valence-corrected chi connectivity index (χ2v) is 6.46. The number of aliphatic hydroxyl groups is 1. The molecule has 0 saturated heterocycles. The summed E-state index contributed by atoms with van der Waals surface area (Å²) in [7, 11) is 2.04. The predicted octanol–water partition coefficient (Wildman–Crippen LogP) is 5.35. The largest absolute Gasteiger partial charge is 0.389 e. The van der Waals surface area contributed by atoms with E-state index in [2.05, 4.69) is 27.8 Å². The lowest BCUT2D eigenvalue weighted by Gasteiger charge is -2.29. The van der Waals surface area contributed by atoms with Gasteiger partial charge < -0.3 is 10.0 Å². The first-order valence-electron chi connectivity index (χ1n) is 6.86. The lowest BCUT2D eigenvalue weighted by Crippen LogP contribution is -2.22. The highest BCUT2D eigenvalue weighted by molar-refractivity contribution is 9.10. The molecule has 0 radical (unpaired) electrons. The summed E-state index contributed by atoms with van der Waals surface area (Å²) >= 11 is 9.88. The zero-order valence-electron chi connectivity index (χ0n) is 12.3. The maximum absolute atomic E-state index is 9.65. The van der Waals surface area contributed by atoms with Crippen LogP contribution in [0.4, 0.5) is 5.69 Å². The zero-order valence-corrected chi connectivity index (χ0v) is 14.7. The van der Waals surface area contributed by atoms with Gasteiger partial charge in [-0.1, -0.05) is 35.9 Å². The number of hydrogen-bond donors (Lipinski definition) is 1. The summed E-state index contributed by atoms with van der Waals surface area (Å²) in [6.45, 7) is 3.88. The molecule has 4 heteroatoms. The van der Waals surface area contributed by atoms with Crippen molar-refractivity contribution in [1.29, 1.82) is 0 Å². The monoisotopic (exact) mass is 367 g/mol. The van der Waals surface area contributed by atoms with Crippen molar-refractivity contribution < 1.29 is 5.11 Å². The first-order valence-corrected chi connectivity index (χ1v) is 8.03. The van der Waals surface area contributed by atoms with E-state index in [1.807, 2.05) is 49.5 Å². The van der Waals surface area contributed by atoms with E-state index in [0.717, 1.165) is 26.3 Å². The molecule has 0 fully saturated rings. The molecular weight excluding hydrogens is 350 g/mol. The van der Waals surface area contributed by atoms with Crippen molar-refractivity contribution in [3.63, 3.8) is 0 Å². The summed E-state index contributed by atoms with van der Waals surface area (Å²) < 4.78 is 0.960. The fraction of sp³-hybridized carbons (Fsp3) is 0.294. The standard InChI is InChI=1S/C17H19BrClNO/c1-11(14-6-4-5-7-16(14)19)20(3)17-9-8-13(12(2)21)10-15(17)18/h4-12,21H,1-3H3. The van der Waals surface area contributed by atoms with Gasteiger partial charge in [-0.3, -0.25) is 0 Å². The number of aliphatic hydroxyl groups excluding tert-OH is 1. The third-order valence-electron chi connectivity index (χ3n) is 3.77. The smallest absolute Gasteiger partial charge is 0.0762 e. The van der Waals surface area contributed by atoms with Crippen LogP contribution in [0.25, 0.3) is 0 Å². The summed E-state index contributed by atoms with van der Waals surface area (Å²) in [5.41, 5.74) is 3.05. The van der Waals surface area contributed by atoms with Gasteiger partial charge >= 0.3 is 0 Å². The summed E-state index contributed by atoms with van der Waals surface area (Å²) in [5, 5.41) is 10.4. The molecule has 0 bridgehead atoms. The third-order valence-corrected chi connectivity index (χ3v) is 4.75. The second kappa shape index (κ2) is 6.82. The molecule has 2 aromatic rings. The van der Waals surface area contributed by atoms with Crippen LogP contribution in [0.5, 0.6) is 0 Å². The predicted molar refractivity (Wildman–Crippen MR) is 93.0 cm³/mol. The van der Waals surface area contributed by atoms with E-state index in [-0.39, 0.29) is 6.04 Å². The Morgan fingerprint density at radius 3 is 2.38 bits per heavy atom. The molecule has 2 rings (SSSR count). The summed E-state index contributed by atoms with van der Waals surface area (Å²) in [6.07, 6.45) is -0.471. The van der Waals surface area contributed by atoms with Crippen LogP contribution in [0.3, 0.4) is 0 Å². The molecule has 0 heterocycles. The maximum atomic E-state index is 9.65. The molecule has 0 amide bonds. The van der Waals surface area contributed by atoms with Crippen molar-refractivity contribution in [2.75, 3.05) is 11.9 Å². The van der Waals surface area contributed by atoms with Crippen molar-refractivity contribution in [2.45, 2.75) is 26.0 Å². The molecule has 21 heavy (non-hydrogen) atoms. The first-order chi connectivity index (χ1) is 9.91. The van der Waals surface area contributed by atoms with Gasteiger partial charge in [-0.05, 0) is 59.1 Å². The molecule has 2 nitrogen and oxygen atoms in total. The van der Waals surface area contributed by atoms with Crippen LogP contribution in [-0.4, -0.2) is 12.2 Å². The van der Waals surface area contributed by atoms with Crippen LogP contribution in [-0.2, 0) is 0 Å². The van der Waals surface area contributed by atoms with Gasteiger partial charge in [0.1, 0.15) is 0 Å². The van der Waals surface area contributed by atoms with E-state index in [9.17, 15) is 5.11 Å². The molecule has 0 aromatic heterocycles. The van der Waals surface area contributed by atoms with Crippen LogP contribution in [0.2, 0.25) is 5.02 Å². The molecule has 112 valence electrons. The van der Waals surface area contributed by atoms with E-state index in [1.54, 1.807) is 6.92 Å². The number of nitrogens with zero attached hydrogens (tertiary/aromatic N) is 1. The topological polar surface area (TPSA) is 23.5 Å². The van der Waals surface area contributed by atoms with Crippen LogP contribution in [0.1, 0.15) is 37.1 Å². The quantitative estimate of drug-likeness (QED) is 0.786. The average Bonchev–Trinajstić information content (AvgIpc) is 2.46. The molecule has 2 unspecified atom stereocenters. The number of anilines is 1. The second-order valence-electron chi connectivity index (χ2n) is 5.20. The van der Waals surface area contributed by atoms with Gasteiger partial charge in [-0.15, -0.1) is 0 Å². The Kier molecular flexibility index (Phi) is 5.31. The molecule has 0 aliphatic carbocycles. The Bertz CT molecular complexity index is 630. The van der Waals surface area contributed by atoms with Crippen LogP contribution in [0, 0.1) is 0 Å². The number of halogens is 2. The van der Waals surface area contributed by atoms with Crippen molar-refractivity contribution in [3.05, 3.63) is 63.1 Å². The van der Waals surface area contributed by atoms with Crippen LogP contribution < -0.4 is 4.90 Å². The van der Waals surface area contributed by atoms with Gasteiger partial charge in [0, 0.05) is 16.5 Å². The maximum Gasteiger partial charge on any atom is 0.0762 e. The number of rotatable bonds is 4. The Hall–Kier alpha value is -1.03. The first kappa shape index (κ1) is 16.3. The zero-order chi connectivity index (χ0) is 15.6. The molecule has 2 aromatic carbocycles. The summed E-state index contributed by atoms with van der Waals surface area (Å²) in [4.78, 5) is 2.16. The van der Waals surface area contributed by atoms with Gasteiger partial charge in [-0.25, -0.2) is 0 Å². The molecule has 2 atom stereocenters. The number of hydrogen-bond acceptors (Lipinski definition) is 2. The summed E-state index contributed by atoms with van der Waals surface area (Å²) in [6, 6.07) is 13.9. The molecular formula is C17H19BrClNO. The van der Waals surface area contributed by atoms with Gasteiger partial charge in [0.15, 0.2) is 0 Å². The van der Waals surface area contributed by atoms with Gasteiger partial charge in [0.2, 0.25) is 0 Å². The van der Waals surface area contributed by atoms with E-state index in [4.69, 9.17) is 11.6 Å². The van der Waals surface area contributed by atoms with E-state index < -0.39 is 6.10 Å². The van der Waals surface area contributed by atoms with Crippen LogP contribution in [0.15, 0.2) is 46.9 Å². The summed E-state index contributed by atoms with van der Waals surface area (Å²) in [5.74, 6) is 0. The molecule has 0 aliphatic rings. The minimum Gasteiger partial charge on any atom is -0.389 e. The van der Waals surface area contributed by atoms with Crippen molar-refractivity contribution in [3.8, 4) is 0 Å². The van der Waals surface area contributed by atoms with Gasteiger partial charge in [0.05, 0.1) is 17.8 Å². The normalized spacial score (nSPS) is 13.8. The average molecular weight is 369 g/mol. The van der Waals surface area contributed by atoms with E-state index >= 15 is 0 Å². The Morgan fingerprint density at radius 1 is 1.14 bits per heavy atom. The van der Waals surface area contributed by atoms with Crippen molar-refractivity contribution in [1.82, 2.24) is 0 Å². The highest BCUT2D eigenvalue weighted by Crippen LogP contribution is 2.35. The van der Waals surface area contributed by atoms with Crippen molar-refractivity contribution in [2.24, 2.45) is 0 Å². The molecule has 1 N–H and O–H groups in total. The van der Waals surface area contributed by atoms with E-state index in [1.165, 1.54) is 0 Å². The SMILES string of the molecule is CC(O)c1ccc(N(C)C(C)c2ccccc2Cl)c(Br)c1. The highest BCUT2D eigenvalue weighted by Gasteiger charge is 2.17. The Morgan fingerprint density at radius 2 is 1.81 bits per heavy atom. The van der Waals surface area contributed by atoms with Gasteiger partial charge in [-0.2, -0.15) is 0 Å².